The molecule has 5 nitrogen and oxygen atoms in total. The average molecular weight is 395 g/mol. The fourth-order valence-corrected chi connectivity index (χ4v) is 2.81. The normalized spacial score (nSPS) is 10.3. The fraction of sp³-hybridized carbons (Fsp3) is 0.263. The van der Waals surface area contributed by atoms with Crippen LogP contribution in [0.3, 0.4) is 0 Å². The van der Waals surface area contributed by atoms with Crippen molar-refractivity contribution < 1.29 is 14.3 Å². The van der Waals surface area contributed by atoms with Gasteiger partial charge in [-0.3, -0.25) is 9.59 Å². The number of benzene rings is 2. The first-order chi connectivity index (χ1) is 12.4. The second-order valence-corrected chi connectivity index (χ2v) is 6.55. The Morgan fingerprint density at radius 2 is 1.81 bits per heavy atom. The summed E-state index contributed by atoms with van der Waals surface area (Å²) >= 11 is 11.9. The summed E-state index contributed by atoms with van der Waals surface area (Å²) < 4.78 is 5.12. The quantitative estimate of drug-likeness (QED) is 0.770. The Labute approximate surface area is 162 Å². The number of methoxy groups -OCH3 is 1. The van der Waals surface area contributed by atoms with E-state index in [0.717, 1.165) is 11.3 Å². The Morgan fingerprint density at radius 1 is 1.12 bits per heavy atom. The van der Waals surface area contributed by atoms with Crippen LogP contribution < -0.4 is 10.1 Å². The predicted octanol–water partition coefficient (Wildman–Crippen LogP) is 4.03. The van der Waals surface area contributed by atoms with E-state index in [-0.39, 0.29) is 18.4 Å². The topological polar surface area (TPSA) is 58.6 Å². The van der Waals surface area contributed by atoms with Gasteiger partial charge in [-0.15, -0.1) is 0 Å². The lowest BCUT2D eigenvalue weighted by Gasteiger charge is -2.21. The molecule has 0 aliphatic rings. The zero-order chi connectivity index (χ0) is 19.1. The third-order valence-corrected chi connectivity index (χ3v) is 4.36. The standard InChI is InChI=1S/C19H20Cl2N2O3/c1-13(24)23(10-9-14-3-6-16(26-2)7-4-14)12-19(25)22-18-8-5-15(20)11-17(18)21/h3-8,11H,9-10,12H2,1-2H3,(H,22,25). The van der Waals surface area contributed by atoms with Crippen LogP contribution in [0.25, 0.3) is 0 Å². The highest BCUT2D eigenvalue weighted by atomic mass is 35.5. The number of carbonyl (C=O) groups excluding carboxylic acids is 2. The number of nitrogens with zero attached hydrogens (tertiary/aromatic N) is 1. The van der Waals surface area contributed by atoms with E-state index >= 15 is 0 Å². The van der Waals surface area contributed by atoms with Crippen molar-refractivity contribution in [3.05, 3.63) is 58.1 Å². The molecule has 0 spiro atoms. The highest BCUT2D eigenvalue weighted by Gasteiger charge is 2.15. The minimum atomic E-state index is -0.320. The Morgan fingerprint density at radius 3 is 2.38 bits per heavy atom. The summed E-state index contributed by atoms with van der Waals surface area (Å²) in [5.41, 5.74) is 1.51. The lowest BCUT2D eigenvalue weighted by Crippen LogP contribution is -2.38. The number of carbonyl (C=O) groups is 2. The van der Waals surface area contributed by atoms with Crippen molar-refractivity contribution in [3.8, 4) is 5.75 Å². The molecule has 26 heavy (non-hydrogen) atoms. The number of nitrogens with one attached hydrogen (secondary N) is 1. The van der Waals surface area contributed by atoms with Gasteiger partial charge in [0, 0.05) is 18.5 Å². The van der Waals surface area contributed by atoms with Crippen LogP contribution in [-0.4, -0.2) is 36.9 Å². The van der Waals surface area contributed by atoms with Gasteiger partial charge in [0.25, 0.3) is 0 Å². The second-order valence-electron chi connectivity index (χ2n) is 5.71. The molecule has 2 aromatic carbocycles. The van der Waals surface area contributed by atoms with Crippen molar-refractivity contribution in [2.24, 2.45) is 0 Å². The minimum absolute atomic E-state index is 0.0511. The van der Waals surface area contributed by atoms with Crippen molar-refractivity contribution in [1.29, 1.82) is 0 Å². The summed E-state index contributed by atoms with van der Waals surface area (Å²) in [7, 11) is 1.61. The molecule has 138 valence electrons. The molecule has 7 heteroatoms. The van der Waals surface area contributed by atoms with Gasteiger partial charge in [0.05, 0.1) is 24.4 Å². The van der Waals surface area contributed by atoms with Crippen molar-refractivity contribution in [2.45, 2.75) is 13.3 Å². The number of ether oxygens (including phenoxy) is 1. The number of halogens is 2. The molecule has 0 aliphatic heterocycles. The lowest BCUT2D eigenvalue weighted by atomic mass is 10.1. The molecule has 1 N–H and O–H groups in total. The van der Waals surface area contributed by atoms with Crippen LogP contribution in [0.15, 0.2) is 42.5 Å². The number of hydrogen-bond acceptors (Lipinski definition) is 3. The third-order valence-electron chi connectivity index (χ3n) is 3.81. The van der Waals surface area contributed by atoms with E-state index < -0.39 is 0 Å². The van der Waals surface area contributed by atoms with E-state index in [1.165, 1.54) is 11.8 Å². The summed E-state index contributed by atoms with van der Waals surface area (Å²) in [4.78, 5) is 25.6. The van der Waals surface area contributed by atoms with Crippen molar-refractivity contribution in [2.75, 3.05) is 25.5 Å². The maximum Gasteiger partial charge on any atom is 0.244 e. The average Bonchev–Trinajstić information content (AvgIpc) is 2.61. The molecule has 0 aromatic heterocycles. The van der Waals surface area contributed by atoms with Crippen molar-refractivity contribution >= 4 is 40.7 Å². The summed E-state index contributed by atoms with van der Waals surface area (Å²) in [5.74, 6) is 0.284. The van der Waals surface area contributed by atoms with Crippen LogP contribution in [0.5, 0.6) is 5.75 Å². The molecule has 0 fully saturated rings. The monoisotopic (exact) mass is 394 g/mol. The maximum absolute atomic E-state index is 12.2. The molecule has 0 unspecified atom stereocenters. The summed E-state index contributed by atoms with van der Waals surface area (Å²) in [6.07, 6.45) is 0.637. The zero-order valence-corrected chi connectivity index (χ0v) is 16.1. The molecule has 2 rings (SSSR count). The Bertz CT molecular complexity index is 779. The third kappa shape index (κ3) is 5.93. The van der Waals surface area contributed by atoms with Gasteiger partial charge >= 0.3 is 0 Å². The second kappa shape index (κ2) is 9.46. The van der Waals surface area contributed by atoms with E-state index in [1.54, 1.807) is 25.3 Å². The molecule has 0 bridgehead atoms. The first-order valence-corrected chi connectivity index (χ1v) is 8.78. The van der Waals surface area contributed by atoms with Crippen molar-refractivity contribution in [1.82, 2.24) is 4.90 Å². The van der Waals surface area contributed by atoms with Crippen LogP contribution in [0.4, 0.5) is 5.69 Å². The molecule has 0 saturated heterocycles. The molecular weight excluding hydrogens is 375 g/mol. The van der Waals surface area contributed by atoms with E-state index in [2.05, 4.69) is 5.32 Å². The number of amides is 2. The number of hydrogen-bond donors (Lipinski definition) is 1. The molecule has 0 radical (unpaired) electrons. The predicted molar refractivity (Wildman–Crippen MR) is 104 cm³/mol. The highest BCUT2D eigenvalue weighted by Crippen LogP contribution is 2.25. The van der Waals surface area contributed by atoms with E-state index in [1.807, 2.05) is 24.3 Å². The first-order valence-electron chi connectivity index (χ1n) is 8.02. The molecule has 0 saturated carbocycles. The fourth-order valence-electron chi connectivity index (χ4n) is 2.36. The SMILES string of the molecule is COc1ccc(CCN(CC(=O)Nc2ccc(Cl)cc2Cl)C(C)=O)cc1. The van der Waals surface area contributed by atoms with Gasteiger partial charge in [0.1, 0.15) is 5.75 Å². The van der Waals surface area contributed by atoms with Gasteiger partial charge < -0.3 is 15.0 Å². The smallest absolute Gasteiger partial charge is 0.244 e. The molecule has 0 aliphatic carbocycles. The first kappa shape index (κ1) is 20.1. The molecule has 0 heterocycles. The van der Waals surface area contributed by atoms with Gasteiger partial charge in [-0.1, -0.05) is 35.3 Å². The molecule has 0 atom stereocenters. The van der Waals surface area contributed by atoms with Gasteiger partial charge in [-0.2, -0.15) is 0 Å². The number of anilines is 1. The van der Waals surface area contributed by atoms with Crippen LogP contribution in [0.1, 0.15) is 12.5 Å². The maximum atomic E-state index is 12.2. The van der Waals surface area contributed by atoms with Gasteiger partial charge in [-0.25, -0.2) is 0 Å². The van der Waals surface area contributed by atoms with Crippen LogP contribution in [0, 0.1) is 0 Å². The Balaban J connectivity index is 1.93. The summed E-state index contributed by atoms with van der Waals surface area (Å²) in [6, 6.07) is 12.4. The highest BCUT2D eigenvalue weighted by molar-refractivity contribution is 6.36. The van der Waals surface area contributed by atoms with Gasteiger partial charge in [-0.05, 0) is 42.3 Å². The van der Waals surface area contributed by atoms with Crippen LogP contribution in [0.2, 0.25) is 10.0 Å². The molecular formula is C19H20Cl2N2O3. The largest absolute Gasteiger partial charge is 0.497 e. The van der Waals surface area contributed by atoms with Gasteiger partial charge in [0.2, 0.25) is 11.8 Å². The van der Waals surface area contributed by atoms with E-state index in [4.69, 9.17) is 27.9 Å². The lowest BCUT2D eigenvalue weighted by molar-refractivity contribution is -0.132. The summed E-state index contributed by atoms with van der Waals surface area (Å²) in [5, 5.41) is 3.53. The molecule has 2 aromatic rings. The zero-order valence-electron chi connectivity index (χ0n) is 14.6. The van der Waals surface area contributed by atoms with Gasteiger partial charge in [0.15, 0.2) is 0 Å². The van der Waals surface area contributed by atoms with Crippen molar-refractivity contribution in [3.63, 3.8) is 0 Å². The van der Waals surface area contributed by atoms with Crippen LogP contribution >= 0.6 is 23.2 Å². The van der Waals surface area contributed by atoms with E-state index in [0.29, 0.717) is 28.7 Å². The Kier molecular flexibility index (Phi) is 7.30. The van der Waals surface area contributed by atoms with E-state index in [9.17, 15) is 9.59 Å². The Hall–Kier alpha value is -2.24. The number of rotatable bonds is 7. The van der Waals surface area contributed by atoms with Crippen LogP contribution in [-0.2, 0) is 16.0 Å². The minimum Gasteiger partial charge on any atom is -0.497 e. The molecule has 2 amide bonds. The summed E-state index contributed by atoms with van der Waals surface area (Å²) in [6.45, 7) is 1.82.